The molecule has 27 heavy (non-hydrogen) atoms. The van der Waals surface area contributed by atoms with Gasteiger partial charge in [0, 0.05) is 19.6 Å². The van der Waals surface area contributed by atoms with Crippen LogP contribution in [0.15, 0.2) is 18.2 Å². The molecular formula is C19H30N4O4. The second kappa shape index (κ2) is 9.25. The third kappa shape index (κ3) is 7.98. The van der Waals surface area contributed by atoms with Crippen LogP contribution in [0.1, 0.15) is 33.3 Å². The smallest absolute Gasteiger partial charge is 0.321 e. The lowest BCUT2D eigenvalue weighted by Gasteiger charge is -2.22. The number of hydrogen-bond acceptors (Lipinski definition) is 5. The van der Waals surface area contributed by atoms with Crippen LogP contribution in [0.2, 0.25) is 0 Å². The van der Waals surface area contributed by atoms with E-state index in [0.717, 1.165) is 5.56 Å². The minimum absolute atomic E-state index is 0.111. The first-order valence-electron chi connectivity index (χ1n) is 8.72. The van der Waals surface area contributed by atoms with Crippen LogP contribution in [0.3, 0.4) is 0 Å². The SMILES string of the molecule is Cc1ccc(NC(C)C(=O)NC(=O)NC(C)(C)C)c(OCC(=O)N(C)C)c1. The number of amides is 4. The molecule has 3 N–H and O–H groups in total. The molecule has 0 saturated carbocycles. The minimum atomic E-state index is -0.690. The largest absolute Gasteiger partial charge is 0.482 e. The van der Waals surface area contributed by atoms with Crippen molar-refractivity contribution in [2.45, 2.75) is 46.2 Å². The van der Waals surface area contributed by atoms with Crippen molar-refractivity contribution in [1.82, 2.24) is 15.5 Å². The van der Waals surface area contributed by atoms with Gasteiger partial charge in [-0.1, -0.05) is 6.07 Å². The molecule has 0 aliphatic rings. The summed E-state index contributed by atoms with van der Waals surface area (Å²) >= 11 is 0. The van der Waals surface area contributed by atoms with Gasteiger partial charge in [0.1, 0.15) is 11.8 Å². The second-order valence-corrected chi connectivity index (χ2v) is 7.64. The van der Waals surface area contributed by atoms with Crippen molar-refractivity contribution in [2.24, 2.45) is 0 Å². The third-order valence-electron chi connectivity index (χ3n) is 3.48. The van der Waals surface area contributed by atoms with E-state index < -0.39 is 23.5 Å². The van der Waals surface area contributed by atoms with E-state index in [2.05, 4.69) is 16.0 Å². The number of urea groups is 1. The molecule has 0 aliphatic heterocycles. The van der Waals surface area contributed by atoms with Crippen molar-refractivity contribution >= 4 is 23.5 Å². The van der Waals surface area contributed by atoms with Crippen LogP contribution in [-0.2, 0) is 9.59 Å². The Hall–Kier alpha value is -2.77. The van der Waals surface area contributed by atoms with Crippen LogP contribution in [0, 0.1) is 6.92 Å². The number of aryl methyl sites for hydroxylation is 1. The number of nitrogens with one attached hydrogen (secondary N) is 3. The predicted molar refractivity (Wildman–Crippen MR) is 105 cm³/mol. The number of rotatable bonds is 6. The van der Waals surface area contributed by atoms with Crippen molar-refractivity contribution in [2.75, 3.05) is 26.0 Å². The molecule has 1 atom stereocenters. The topological polar surface area (TPSA) is 99.8 Å². The maximum atomic E-state index is 12.2. The fourth-order valence-corrected chi connectivity index (χ4v) is 2.03. The van der Waals surface area contributed by atoms with Gasteiger partial charge in [-0.15, -0.1) is 0 Å². The molecule has 0 aromatic heterocycles. The van der Waals surface area contributed by atoms with E-state index in [1.807, 2.05) is 33.8 Å². The molecular weight excluding hydrogens is 348 g/mol. The summed E-state index contributed by atoms with van der Waals surface area (Å²) in [4.78, 5) is 37.3. The molecule has 8 heteroatoms. The van der Waals surface area contributed by atoms with Crippen molar-refractivity contribution in [1.29, 1.82) is 0 Å². The highest BCUT2D eigenvalue weighted by Crippen LogP contribution is 2.26. The standard InChI is InChI=1S/C19H30N4O4/c1-12-8-9-14(15(10-12)27-11-16(24)23(6)7)20-13(2)17(25)21-18(26)22-19(3,4)5/h8-10,13,20H,11H2,1-7H3,(H2,21,22,25,26). The maximum Gasteiger partial charge on any atom is 0.321 e. The zero-order chi connectivity index (χ0) is 20.8. The number of imide groups is 1. The molecule has 0 fully saturated rings. The first-order valence-corrected chi connectivity index (χ1v) is 8.72. The highest BCUT2D eigenvalue weighted by atomic mass is 16.5. The average Bonchev–Trinajstić information content (AvgIpc) is 2.52. The van der Waals surface area contributed by atoms with Gasteiger partial charge < -0.3 is 20.3 Å². The Bertz CT molecular complexity index is 695. The van der Waals surface area contributed by atoms with E-state index in [-0.39, 0.29) is 12.5 Å². The molecule has 150 valence electrons. The van der Waals surface area contributed by atoms with Crippen molar-refractivity contribution in [3.63, 3.8) is 0 Å². The Balaban J connectivity index is 2.77. The quantitative estimate of drug-likeness (QED) is 0.702. The van der Waals surface area contributed by atoms with Gasteiger partial charge in [0.25, 0.3) is 5.91 Å². The van der Waals surface area contributed by atoms with E-state index in [0.29, 0.717) is 11.4 Å². The van der Waals surface area contributed by atoms with Crippen LogP contribution in [0.5, 0.6) is 5.75 Å². The second-order valence-electron chi connectivity index (χ2n) is 7.64. The molecule has 0 saturated heterocycles. The van der Waals surface area contributed by atoms with E-state index >= 15 is 0 Å². The molecule has 0 spiro atoms. The number of likely N-dealkylation sites (N-methyl/N-ethyl adjacent to an activating group) is 1. The summed E-state index contributed by atoms with van der Waals surface area (Å²) in [5.74, 6) is -0.191. The summed E-state index contributed by atoms with van der Waals surface area (Å²) < 4.78 is 5.60. The lowest BCUT2D eigenvalue weighted by Crippen LogP contribution is -2.51. The monoisotopic (exact) mass is 378 g/mol. The molecule has 1 unspecified atom stereocenters. The molecule has 1 rings (SSSR count). The van der Waals surface area contributed by atoms with Gasteiger partial charge in [-0.05, 0) is 52.3 Å². The zero-order valence-corrected chi connectivity index (χ0v) is 17.1. The van der Waals surface area contributed by atoms with E-state index in [1.54, 1.807) is 33.2 Å². The van der Waals surface area contributed by atoms with Crippen molar-refractivity contribution in [3.8, 4) is 5.75 Å². The van der Waals surface area contributed by atoms with Crippen LogP contribution < -0.4 is 20.7 Å². The predicted octanol–water partition coefficient (Wildman–Crippen LogP) is 1.89. The number of nitrogens with zero attached hydrogens (tertiary/aromatic N) is 1. The van der Waals surface area contributed by atoms with Crippen LogP contribution >= 0.6 is 0 Å². The summed E-state index contributed by atoms with van der Waals surface area (Å²) in [7, 11) is 3.30. The number of hydrogen-bond donors (Lipinski definition) is 3. The fraction of sp³-hybridized carbons (Fsp3) is 0.526. The van der Waals surface area contributed by atoms with Gasteiger partial charge in [-0.3, -0.25) is 14.9 Å². The summed E-state index contributed by atoms with van der Waals surface area (Å²) in [6, 6.07) is 4.16. The molecule has 0 bridgehead atoms. The van der Waals surface area contributed by atoms with Gasteiger partial charge in [0.05, 0.1) is 5.69 Å². The lowest BCUT2D eigenvalue weighted by molar-refractivity contribution is -0.130. The normalized spacial score (nSPS) is 12.0. The van der Waals surface area contributed by atoms with E-state index in [9.17, 15) is 14.4 Å². The number of ether oxygens (including phenoxy) is 1. The van der Waals surface area contributed by atoms with E-state index in [1.165, 1.54) is 4.90 Å². The summed E-state index contributed by atoms with van der Waals surface area (Å²) in [5, 5.41) is 7.98. The first-order chi connectivity index (χ1) is 12.4. The van der Waals surface area contributed by atoms with Gasteiger partial charge >= 0.3 is 6.03 Å². The number of carbonyl (C=O) groups excluding carboxylic acids is 3. The third-order valence-corrected chi connectivity index (χ3v) is 3.48. The molecule has 0 aliphatic carbocycles. The van der Waals surface area contributed by atoms with Crippen molar-refractivity contribution in [3.05, 3.63) is 23.8 Å². The van der Waals surface area contributed by atoms with Crippen LogP contribution in [0.4, 0.5) is 10.5 Å². The molecule has 0 heterocycles. The minimum Gasteiger partial charge on any atom is -0.482 e. The Morgan fingerprint density at radius 3 is 2.37 bits per heavy atom. The van der Waals surface area contributed by atoms with Gasteiger partial charge in [0.15, 0.2) is 6.61 Å². The van der Waals surface area contributed by atoms with Crippen LogP contribution in [0.25, 0.3) is 0 Å². The Labute approximate surface area is 160 Å². The maximum absolute atomic E-state index is 12.2. The zero-order valence-electron chi connectivity index (χ0n) is 17.1. The number of benzene rings is 1. The van der Waals surface area contributed by atoms with Gasteiger partial charge in [0.2, 0.25) is 5.91 Å². The number of carbonyl (C=O) groups is 3. The molecule has 0 radical (unpaired) electrons. The fourth-order valence-electron chi connectivity index (χ4n) is 2.03. The number of anilines is 1. The van der Waals surface area contributed by atoms with Gasteiger partial charge in [-0.2, -0.15) is 0 Å². The first kappa shape index (κ1) is 22.3. The lowest BCUT2D eigenvalue weighted by atomic mass is 10.1. The van der Waals surface area contributed by atoms with Crippen LogP contribution in [-0.4, -0.2) is 55.0 Å². The highest BCUT2D eigenvalue weighted by molar-refractivity contribution is 5.98. The van der Waals surface area contributed by atoms with E-state index in [4.69, 9.17) is 4.74 Å². The summed E-state index contributed by atoms with van der Waals surface area (Å²) in [6.45, 7) is 8.89. The Kier molecular flexibility index (Phi) is 7.63. The van der Waals surface area contributed by atoms with Gasteiger partial charge in [-0.25, -0.2) is 4.79 Å². The highest BCUT2D eigenvalue weighted by Gasteiger charge is 2.20. The Morgan fingerprint density at radius 1 is 1.19 bits per heavy atom. The van der Waals surface area contributed by atoms with Crippen molar-refractivity contribution < 1.29 is 19.1 Å². The molecule has 8 nitrogen and oxygen atoms in total. The summed E-state index contributed by atoms with van der Waals surface area (Å²) in [5.41, 5.74) is 1.07. The average molecular weight is 378 g/mol. The summed E-state index contributed by atoms with van der Waals surface area (Å²) in [6.07, 6.45) is 0. The molecule has 1 aromatic carbocycles. The molecule has 1 aromatic rings. The molecule has 4 amide bonds. The Morgan fingerprint density at radius 2 is 1.81 bits per heavy atom.